The molecule has 3 aromatic rings. The van der Waals surface area contributed by atoms with Crippen LogP contribution in [0.1, 0.15) is 62.1 Å². The Bertz CT molecular complexity index is 1180. The molecule has 1 saturated carbocycles. The molecule has 1 fully saturated rings. The zero-order valence-electron chi connectivity index (χ0n) is 20.7. The van der Waals surface area contributed by atoms with E-state index < -0.39 is 23.3 Å². The molecule has 1 atom stereocenters. The number of aliphatic hydroxyl groups excluding tert-OH is 1. The Morgan fingerprint density at radius 3 is 2.14 bits per heavy atom. The largest absolute Gasteiger partial charge is 0.491 e. The molecule has 0 bridgehead atoms. The Morgan fingerprint density at radius 2 is 1.50 bits per heavy atom. The van der Waals surface area contributed by atoms with E-state index in [1.165, 1.54) is 12.1 Å². The minimum absolute atomic E-state index is 0.0428. The minimum atomic E-state index is -0.985. The standard InChI is InChI=1S/C30H32F4O2/c1-3-36-26-17-14-23(27(31)30(26)34)9-6-19-4-7-21(8-5-19)24-15-16-25(29(33)28(24)32)22-12-10-20(11-13-22)18(2)35/h4-5,7-8,14-18,20,22,35H,3,6,9-13H2,1-2H3. The van der Waals surface area contributed by atoms with Crippen LogP contribution < -0.4 is 4.74 Å². The number of halogens is 4. The molecule has 36 heavy (non-hydrogen) atoms. The van der Waals surface area contributed by atoms with Crippen molar-refractivity contribution in [3.63, 3.8) is 0 Å². The van der Waals surface area contributed by atoms with Gasteiger partial charge in [-0.05, 0) is 92.5 Å². The molecule has 192 valence electrons. The lowest BCUT2D eigenvalue weighted by atomic mass is 9.76. The van der Waals surface area contributed by atoms with E-state index in [0.717, 1.165) is 31.2 Å². The monoisotopic (exact) mass is 500 g/mol. The lowest BCUT2D eigenvalue weighted by Gasteiger charge is -2.30. The van der Waals surface area contributed by atoms with Crippen LogP contribution in [0.3, 0.4) is 0 Å². The summed E-state index contributed by atoms with van der Waals surface area (Å²) in [5.74, 6) is -3.47. The second-order valence-electron chi connectivity index (χ2n) is 9.66. The molecular formula is C30H32F4O2. The summed E-state index contributed by atoms with van der Waals surface area (Å²) < 4.78 is 63.6. The second-order valence-corrected chi connectivity index (χ2v) is 9.66. The predicted octanol–water partition coefficient (Wildman–Crippen LogP) is 7.75. The van der Waals surface area contributed by atoms with Crippen LogP contribution in [0.5, 0.6) is 5.75 Å². The quantitative estimate of drug-likeness (QED) is 0.321. The molecule has 1 aliphatic carbocycles. The predicted molar refractivity (Wildman–Crippen MR) is 133 cm³/mol. The first-order valence-electron chi connectivity index (χ1n) is 12.6. The molecule has 0 spiro atoms. The van der Waals surface area contributed by atoms with Gasteiger partial charge in [-0.2, -0.15) is 4.39 Å². The van der Waals surface area contributed by atoms with Crippen LogP contribution in [0, 0.1) is 29.2 Å². The van der Waals surface area contributed by atoms with Gasteiger partial charge >= 0.3 is 0 Å². The smallest absolute Gasteiger partial charge is 0.200 e. The van der Waals surface area contributed by atoms with Gasteiger partial charge < -0.3 is 9.84 Å². The second kappa shape index (κ2) is 11.5. The third kappa shape index (κ3) is 5.59. The fraction of sp³-hybridized carbons (Fsp3) is 0.400. The van der Waals surface area contributed by atoms with E-state index in [-0.39, 0.29) is 41.4 Å². The van der Waals surface area contributed by atoms with E-state index in [2.05, 4.69) is 0 Å². The van der Waals surface area contributed by atoms with Crippen LogP contribution >= 0.6 is 0 Å². The Balaban J connectivity index is 1.44. The van der Waals surface area contributed by atoms with Gasteiger partial charge in [-0.3, -0.25) is 0 Å². The normalized spacial score (nSPS) is 18.8. The Kier molecular flexibility index (Phi) is 8.35. The van der Waals surface area contributed by atoms with E-state index >= 15 is 8.78 Å². The first kappa shape index (κ1) is 26.2. The number of hydrogen-bond donors (Lipinski definition) is 1. The average molecular weight is 501 g/mol. The molecule has 0 amide bonds. The van der Waals surface area contributed by atoms with Gasteiger partial charge in [0.05, 0.1) is 12.7 Å². The van der Waals surface area contributed by atoms with Gasteiger partial charge in [0.25, 0.3) is 0 Å². The molecule has 0 aromatic heterocycles. The average Bonchev–Trinajstić information content (AvgIpc) is 2.88. The molecule has 1 aliphatic rings. The zero-order valence-corrected chi connectivity index (χ0v) is 20.7. The van der Waals surface area contributed by atoms with Crippen LogP contribution in [0.4, 0.5) is 17.6 Å². The maximum Gasteiger partial charge on any atom is 0.200 e. The van der Waals surface area contributed by atoms with E-state index in [9.17, 15) is 13.9 Å². The molecule has 2 nitrogen and oxygen atoms in total. The Hall–Kier alpha value is -2.86. The lowest BCUT2D eigenvalue weighted by Crippen LogP contribution is -2.23. The van der Waals surface area contributed by atoms with Crippen LogP contribution in [-0.2, 0) is 12.8 Å². The van der Waals surface area contributed by atoms with Crippen molar-refractivity contribution in [1.82, 2.24) is 0 Å². The summed E-state index contributed by atoms with van der Waals surface area (Å²) in [5.41, 5.74) is 2.28. The third-order valence-corrected chi connectivity index (χ3v) is 7.38. The third-order valence-electron chi connectivity index (χ3n) is 7.38. The SMILES string of the molecule is CCOc1ccc(CCc2ccc(-c3ccc(C4CCC(C(C)O)CC4)c(F)c3F)cc2)c(F)c1F. The summed E-state index contributed by atoms with van der Waals surface area (Å²) in [6.45, 7) is 3.73. The van der Waals surface area contributed by atoms with Crippen molar-refractivity contribution in [1.29, 1.82) is 0 Å². The van der Waals surface area contributed by atoms with Crippen molar-refractivity contribution in [3.8, 4) is 16.9 Å². The van der Waals surface area contributed by atoms with Crippen LogP contribution in [0.25, 0.3) is 11.1 Å². The lowest BCUT2D eigenvalue weighted by molar-refractivity contribution is 0.0964. The molecule has 4 rings (SSSR count). The van der Waals surface area contributed by atoms with Gasteiger partial charge in [0.1, 0.15) is 0 Å². The summed E-state index contributed by atoms with van der Waals surface area (Å²) in [7, 11) is 0. The van der Waals surface area contributed by atoms with Gasteiger partial charge in [0.15, 0.2) is 23.2 Å². The number of rotatable bonds is 8. The molecule has 0 aliphatic heterocycles. The van der Waals surface area contributed by atoms with E-state index in [0.29, 0.717) is 24.0 Å². The molecule has 6 heteroatoms. The summed E-state index contributed by atoms with van der Waals surface area (Å²) in [6, 6.07) is 13.3. The van der Waals surface area contributed by atoms with Crippen molar-refractivity contribution in [2.24, 2.45) is 5.92 Å². The summed E-state index contributed by atoms with van der Waals surface area (Å²) in [5, 5.41) is 9.79. The minimum Gasteiger partial charge on any atom is -0.491 e. The number of aryl methyl sites for hydroxylation is 2. The fourth-order valence-corrected chi connectivity index (χ4v) is 5.18. The Labute approximate surface area is 209 Å². The molecule has 0 heterocycles. The highest BCUT2D eigenvalue weighted by Crippen LogP contribution is 2.39. The molecule has 1 unspecified atom stereocenters. The molecule has 1 N–H and O–H groups in total. The van der Waals surface area contributed by atoms with Gasteiger partial charge in [-0.1, -0.05) is 42.5 Å². The maximum atomic E-state index is 15.0. The Morgan fingerprint density at radius 1 is 0.806 bits per heavy atom. The molecular weight excluding hydrogens is 468 g/mol. The number of aliphatic hydroxyl groups is 1. The highest BCUT2D eigenvalue weighted by atomic mass is 19.2. The number of ether oxygens (including phenoxy) is 1. The first-order chi connectivity index (χ1) is 17.3. The van der Waals surface area contributed by atoms with Crippen molar-refractivity contribution in [3.05, 3.63) is 88.5 Å². The van der Waals surface area contributed by atoms with E-state index in [4.69, 9.17) is 4.74 Å². The number of benzene rings is 3. The van der Waals surface area contributed by atoms with Crippen molar-refractivity contribution in [2.45, 2.75) is 64.4 Å². The fourth-order valence-electron chi connectivity index (χ4n) is 5.18. The number of hydrogen-bond acceptors (Lipinski definition) is 2. The first-order valence-corrected chi connectivity index (χ1v) is 12.6. The van der Waals surface area contributed by atoms with Crippen molar-refractivity contribution in [2.75, 3.05) is 6.61 Å². The van der Waals surface area contributed by atoms with Gasteiger partial charge in [-0.25, -0.2) is 13.2 Å². The van der Waals surface area contributed by atoms with Gasteiger partial charge in [0.2, 0.25) is 5.82 Å². The van der Waals surface area contributed by atoms with Gasteiger partial charge in [0, 0.05) is 5.56 Å². The van der Waals surface area contributed by atoms with Crippen molar-refractivity contribution < 1.29 is 27.4 Å². The molecule has 0 saturated heterocycles. The topological polar surface area (TPSA) is 29.5 Å². The molecule has 3 aromatic carbocycles. The van der Waals surface area contributed by atoms with Crippen molar-refractivity contribution >= 4 is 0 Å². The van der Waals surface area contributed by atoms with E-state index in [1.54, 1.807) is 50.2 Å². The summed E-state index contributed by atoms with van der Waals surface area (Å²) >= 11 is 0. The molecule has 0 radical (unpaired) electrons. The summed E-state index contributed by atoms with van der Waals surface area (Å²) in [6.07, 6.45) is 3.47. The van der Waals surface area contributed by atoms with E-state index in [1.807, 2.05) is 0 Å². The highest BCUT2D eigenvalue weighted by molar-refractivity contribution is 5.65. The zero-order chi connectivity index (χ0) is 25.8. The van der Waals surface area contributed by atoms with Crippen LogP contribution in [0.2, 0.25) is 0 Å². The highest BCUT2D eigenvalue weighted by Gasteiger charge is 2.28. The summed E-state index contributed by atoms with van der Waals surface area (Å²) in [4.78, 5) is 0. The maximum absolute atomic E-state index is 15.0. The van der Waals surface area contributed by atoms with Gasteiger partial charge in [-0.15, -0.1) is 0 Å². The van der Waals surface area contributed by atoms with Crippen LogP contribution in [-0.4, -0.2) is 17.8 Å². The van der Waals surface area contributed by atoms with Crippen LogP contribution in [0.15, 0.2) is 48.5 Å².